The summed E-state index contributed by atoms with van der Waals surface area (Å²) in [5, 5.41) is 5.88. The fourth-order valence-electron chi connectivity index (χ4n) is 3.87. The number of hydrogen-bond acceptors (Lipinski definition) is 3. The Bertz CT molecular complexity index is 530. The summed E-state index contributed by atoms with van der Waals surface area (Å²) < 4.78 is 0. The number of hydrogen-bond donors (Lipinski definition) is 2. The molecule has 3 rings (SSSR count). The van der Waals surface area contributed by atoms with Gasteiger partial charge in [0.15, 0.2) is 0 Å². The number of carbonyl (C=O) groups excluding carboxylic acids is 3. The van der Waals surface area contributed by atoms with Crippen molar-refractivity contribution in [3.05, 3.63) is 0 Å². The molecule has 0 bridgehead atoms. The molecular weight excluding hydrogens is 318 g/mol. The standard InChI is InChI=1S/C19H31N3O3/c1-3-4-5-6-11-19(2)17(24)22(18(25)21-19)12-15(23)20-16(13-7-8-13)14-9-10-14/h13-14,16H,3-12H2,1-2H3,(H,20,23)(H,21,25). The van der Waals surface area contributed by atoms with Crippen LogP contribution in [0.5, 0.6) is 0 Å². The van der Waals surface area contributed by atoms with Crippen molar-refractivity contribution in [2.24, 2.45) is 11.8 Å². The molecule has 2 N–H and O–H groups in total. The summed E-state index contributed by atoms with van der Waals surface area (Å²) >= 11 is 0. The van der Waals surface area contributed by atoms with Crippen LogP contribution in [0.1, 0.15) is 71.6 Å². The summed E-state index contributed by atoms with van der Waals surface area (Å²) in [4.78, 5) is 38.4. The average Bonchev–Trinajstić information content (AvgIpc) is 3.46. The van der Waals surface area contributed by atoms with E-state index in [9.17, 15) is 14.4 Å². The minimum atomic E-state index is -0.864. The lowest BCUT2D eigenvalue weighted by atomic mass is 9.94. The smallest absolute Gasteiger partial charge is 0.325 e. The molecule has 3 aliphatic rings. The predicted molar refractivity (Wildman–Crippen MR) is 94.8 cm³/mol. The van der Waals surface area contributed by atoms with Gasteiger partial charge in [-0.1, -0.05) is 32.6 Å². The van der Waals surface area contributed by atoms with Crippen LogP contribution in [0.3, 0.4) is 0 Å². The Labute approximate surface area is 150 Å². The van der Waals surface area contributed by atoms with Crippen LogP contribution in [-0.2, 0) is 9.59 Å². The maximum absolute atomic E-state index is 12.7. The molecule has 1 saturated heterocycles. The summed E-state index contributed by atoms with van der Waals surface area (Å²) in [6.45, 7) is 3.75. The Balaban J connectivity index is 1.52. The van der Waals surface area contributed by atoms with Gasteiger partial charge in [0.2, 0.25) is 5.91 Å². The van der Waals surface area contributed by atoms with Crippen LogP contribution in [-0.4, -0.2) is 40.9 Å². The number of nitrogens with zero attached hydrogens (tertiary/aromatic N) is 1. The van der Waals surface area contributed by atoms with Gasteiger partial charge in [-0.25, -0.2) is 4.79 Å². The molecule has 25 heavy (non-hydrogen) atoms. The molecule has 3 fully saturated rings. The molecule has 1 atom stereocenters. The first-order chi connectivity index (χ1) is 11.9. The van der Waals surface area contributed by atoms with Crippen molar-refractivity contribution in [3.8, 4) is 0 Å². The number of carbonyl (C=O) groups is 3. The van der Waals surface area contributed by atoms with Crippen LogP contribution in [0.25, 0.3) is 0 Å². The van der Waals surface area contributed by atoms with Crippen molar-refractivity contribution < 1.29 is 14.4 Å². The van der Waals surface area contributed by atoms with E-state index in [4.69, 9.17) is 0 Å². The zero-order chi connectivity index (χ0) is 18.0. The molecule has 0 aromatic rings. The molecule has 0 spiro atoms. The van der Waals surface area contributed by atoms with E-state index in [-0.39, 0.29) is 24.4 Å². The lowest BCUT2D eigenvalue weighted by Gasteiger charge is -2.22. The monoisotopic (exact) mass is 349 g/mol. The van der Waals surface area contributed by atoms with Gasteiger partial charge in [0.05, 0.1) is 0 Å². The zero-order valence-corrected chi connectivity index (χ0v) is 15.5. The Kier molecular flexibility index (Phi) is 5.35. The SMILES string of the molecule is CCCCCCC1(C)NC(=O)N(CC(=O)NC(C2CC2)C2CC2)C1=O. The molecule has 140 valence electrons. The van der Waals surface area contributed by atoms with E-state index >= 15 is 0 Å². The quantitative estimate of drug-likeness (QED) is 0.470. The summed E-state index contributed by atoms with van der Waals surface area (Å²) in [6, 6.07) is -0.193. The van der Waals surface area contributed by atoms with Gasteiger partial charge >= 0.3 is 6.03 Å². The second kappa shape index (κ2) is 7.34. The second-order valence-electron chi connectivity index (χ2n) is 8.23. The first-order valence-electron chi connectivity index (χ1n) is 9.88. The third-order valence-electron chi connectivity index (χ3n) is 5.76. The average molecular weight is 349 g/mol. The summed E-state index contributed by atoms with van der Waals surface area (Å²) in [5.41, 5.74) is -0.864. The molecule has 6 nitrogen and oxygen atoms in total. The largest absolute Gasteiger partial charge is 0.351 e. The maximum atomic E-state index is 12.7. The van der Waals surface area contributed by atoms with Crippen LogP contribution >= 0.6 is 0 Å². The summed E-state index contributed by atoms with van der Waals surface area (Å²) in [5.74, 6) is 0.729. The fraction of sp³-hybridized carbons (Fsp3) is 0.842. The molecule has 0 aromatic carbocycles. The van der Waals surface area contributed by atoms with E-state index in [1.54, 1.807) is 6.92 Å². The van der Waals surface area contributed by atoms with Crippen molar-refractivity contribution in [3.63, 3.8) is 0 Å². The number of amides is 4. The minimum Gasteiger partial charge on any atom is -0.351 e. The fourth-order valence-corrected chi connectivity index (χ4v) is 3.87. The molecule has 0 aromatic heterocycles. The van der Waals surface area contributed by atoms with Gasteiger partial charge < -0.3 is 10.6 Å². The third-order valence-corrected chi connectivity index (χ3v) is 5.76. The van der Waals surface area contributed by atoms with E-state index in [1.165, 1.54) is 25.7 Å². The van der Waals surface area contributed by atoms with Gasteiger partial charge in [0.25, 0.3) is 5.91 Å². The number of urea groups is 1. The highest BCUT2D eigenvalue weighted by Gasteiger charge is 2.48. The van der Waals surface area contributed by atoms with Crippen molar-refractivity contribution in [1.82, 2.24) is 15.5 Å². The molecule has 2 saturated carbocycles. The molecule has 1 aliphatic heterocycles. The first kappa shape index (κ1) is 18.2. The Morgan fingerprint density at radius 1 is 1.20 bits per heavy atom. The highest BCUT2D eigenvalue weighted by molar-refractivity contribution is 6.08. The van der Waals surface area contributed by atoms with E-state index in [0.717, 1.165) is 30.6 Å². The van der Waals surface area contributed by atoms with Crippen LogP contribution in [0.15, 0.2) is 0 Å². The second-order valence-corrected chi connectivity index (χ2v) is 8.23. The van der Waals surface area contributed by atoms with Crippen molar-refractivity contribution in [2.75, 3.05) is 6.54 Å². The van der Waals surface area contributed by atoms with E-state index < -0.39 is 11.6 Å². The third kappa shape index (κ3) is 4.33. The number of nitrogens with one attached hydrogen (secondary N) is 2. The molecule has 2 aliphatic carbocycles. The topological polar surface area (TPSA) is 78.5 Å². The number of unbranched alkanes of at least 4 members (excludes halogenated alkanes) is 3. The molecule has 1 heterocycles. The Hall–Kier alpha value is -1.59. The van der Waals surface area contributed by atoms with Gasteiger partial charge in [0, 0.05) is 6.04 Å². The lowest BCUT2D eigenvalue weighted by molar-refractivity contribution is -0.135. The highest BCUT2D eigenvalue weighted by Crippen LogP contribution is 2.44. The van der Waals surface area contributed by atoms with E-state index in [1.807, 2.05) is 0 Å². The molecular formula is C19H31N3O3. The van der Waals surface area contributed by atoms with E-state index in [2.05, 4.69) is 17.6 Å². The van der Waals surface area contributed by atoms with Crippen LogP contribution in [0.4, 0.5) is 4.79 Å². The molecule has 6 heteroatoms. The first-order valence-corrected chi connectivity index (χ1v) is 9.88. The van der Waals surface area contributed by atoms with Crippen molar-refractivity contribution in [1.29, 1.82) is 0 Å². The van der Waals surface area contributed by atoms with Gasteiger partial charge in [-0.05, 0) is 50.9 Å². The molecule has 4 amide bonds. The Morgan fingerprint density at radius 2 is 1.84 bits per heavy atom. The van der Waals surface area contributed by atoms with Gasteiger partial charge in [-0.3, -0.25) is 14.5 Å². The van der Waals surface area contributed by atoms with Crippen LogP contribution < -0.4 is 10.6 Å². The molecule has 1 unspecified atom stereocenters. The van der Waals surface area contributed by atoms with E-state index in [0.29, 0.717) is 18.3 Å². The summed E-state index contributed by atoms with van der Waals surface area (Å²) in [7, 11) is 0. The van der Waals surface area contributed by atoms with Crippen molar-refractivity contribution in [2.45, 2.75) is 83.2 Å². The molecule has 0 radical (unpaired) electrons. The zero-order valence-electron chi connectivity index (χ0n) is 15.5. The highest BCUT2D eigenvalue weighted by atomic mass is 16.2. The van der Waals surface area contributed by atoms with Crippen molar-refractivity contribution >= 4 is 17.8 Å². The van der Waals surface area contributed by atoms with Gasteiger partial charge in [-0.2, -0.15) is 0 Å². The minimum absolute atomic E-state index is 0.162. The van der Waals surface area contributed by atoms with Gasteiger partial charge in [-0.15, -0.1) is 0 Å². The van der Waals surface area contributed by atoms with Crippen LogP contribution in [0, 0.1) is 11.8 Å². The van der Waals surface area contributed by atoms with Crippen LogP contribution in [0.2, 0.25) is 0 Å². The predicted octanol–water partition coefficient (Wildman–Crippen LogP) is 2.57. The summed E-state index contributed by atoms with van der Waals surface area (Å²) in [6.07, 6.45) is 9.58. The normalized spacial score (nSPS) is 26.3. The number of rotatable bonds is 10. The Morgan fingerprint density at radius 3 is 2.40 bits per heavy atom. The lowest BCUT2D eigenvalue weighted by Crippen LogP contribution is -2.47. The van der Waals surface area contributed by atoms with Gasteiger partial charge in [0.1, 0.15) is 12.1 Å². The number of imide groups is 1. The maximum Gasteiger partial charge on any atom is 0.325 e.